The fourth-order valence-electron chi connectivity index (χ4n) is 6.07. The van der Waals surface area contributed by atoms with Gasteiger partial charge in [0.15, 0.2) is 0 Å². The van der Waals surface area contributed by atoms with Crippen molar-refractivity contribution in [1.82, 2.24) is 15.3 Å². The molecule has 2 rings (SSSR count). The first kappa shape index (κ1) is 27.8. The topological polar surface area (TPSA) is 69.7 Å². The molecule has 2 heterocycles. The van der Waals surface area contributed by atoms with E-state index in [0.717, 1.165) is 19.3 Å². The molecule has 0 aromatic heterocycles. The zero-order valence-electron chi connectivity index (χ0n) is 22.2. The predicted molar refractivity (Wildman–Crippen MR) is 133 cm³/mol. The van der Waals surface area contributed by atoms with Gasteiger partial charge in [-0.05, 0) is 47.0 Å². The van der Waals surface area contributed by atoms with Crippen LogP contribution >= 0.6 is 0 Å². The Balaban J connectivity index is 1.81. The molecule has 33 heavy (non-hydrogen) atoms. The summed E-state index contributed by atoms with van der Waals surface area (Å²) in [6.45, 7) is 12.1. The lowest BCUT2D eigenvalue weighted by molar-refractivity contribution is -0.155. The molecule has 0 radical (unpaired) electrons. The average Bonchev–Trinajstić information content (AvgIpc) is 2.99. The smallest absolute Gasteiger partial charge is 0.233 e. The fourth-order valence-corrected chi connectivity index (χ4v) is 6.07. The van der Waals surface area contributed by atoms with Crippen molar-refractivity contribution in [3.05, 3.63) is 0 Å². The van der Waals surface area contributed by atoms with Gasteiger partial charge in [0.2, 0.25) is 17.7 Å². The van der Waals surface area contributed by atoms with Crippen LogP contribution in [-0.2, 0) is 14.4 Å². The van der Waals surface area contributed by atoms with E-state index in [4.69, 9.17) is 0 Å². The molecule has 6 nitrogen and oxygen atoms in total. The third-order valence-corrected chi connectivity index (χ3v) is 7.50. The molecular formula is C27H49N3O3. The van der Waals surface area contributed by atoms with Gasteiger partial charge in [0.05, 0.1) is 0 Å². The van der Waals surface area contributed by atoms with Gasteiger partial charge in [-0.2, -0.15) is 0 Å². The zero-order valence-corrected chi connectivity index (χ0v) is 22.2. The lowest BCUT2D eigenvalue weighted by atomic mass is 9.78. The fraction of sp³-hybridized carbons (Fsp3) is 0.889. The summed E-state index contributed by atoms with van der Waals surface area (Å²) in [5.41, 5.74) is 2.26. The number of hydrogen-bond acceptors (Lipinski definition) is 4. The number of carbonyl (C=O) groups is 3. The minimum absolute atomic E-state index is 0.0124. The van der Waals surface area contributed by atoms with Crippen molar-refractivity contribution < 1.29 is 14.4 Å². The summed E-state index contributed by atoms with van der Waals surface area (Å²) in [5.74, 6) is -0.229. The number of hydrogen-bond donors (Lipinski definition) is 1. The first-order valence-corrected chi connectivity index (χ1v) is 13.4. The Labute approximate surface area is 202 Å². The molecule has 0 spiro atoms. The lowest BCUT2D eigenvalue weighted by Crippen LogP contribution is -2.69. The summed E-state index contributed by atoms with van der Waals surface area (Å²) in [7, 11) is 0. The number of nitrogens with one attached hydrogen (secondary N) is 1. The maximum Gasteiger partial charge on any atom is 0.233 e. The molecule has 1 atom stereocenters. The molecule has 6 heteroatoms. The van der Waals surface area contributed by atoms with Crippen LogP contribution in [0.25, 0.3) is 0 Å². The largest absolute Gasteiger partial charge is 0.288 e. The summed E-state index contributed by atoms with van der Waals surface area (Å²) in [4.78, 5) is 39.4. The van der Waals surface area contributed by atoms with Gasteiger partial charge in [-0.15, -0.1) is 0 Å². The number of rotatable bonds is 13. The molecule has 0 aromatic carbocycles. The van der Waals surface area contributed by atoms with Crippen LogP contribution in [0.1, 0.15) is 131 Å². The summed E-state index contributed by atoms with van der Waals surface area (Å²) < 4.78 is 0. The number of piperidine rings is 1. The number of carbonyl (C=O) groups excluding carboxylic acids is 3. The van der Waals surface area contributed by atoms with Crippen molar-refractivity contribution in [2.24, 2.45) is 5.92 Å². The maximum absolute atomic E-state index is 13.2. The van der Waals surface area contributed by atoms with E-state index < -0.39 is 0 Å². The van der Waals surface area contributed by atoms with E-state index in [9.17, 15) is 14.4 Å². The summed E-state index contributed by atoms with van der Waals surface area (Å²) in [6.07, 6.45) is 15.3. The van der Waals surface area contributed by atoms with Crippen molar-refractivity contribution in [1.29, 1.82) is 0 Å². The first-order valence-electron chi connectivity index (χ1n) is 13.4. The second-order valence-corrected chi connectivity index (χ2v) is 11.7. The van der Waals surface area contributed by atoms with E-state index in [1.807, 2.05) is 5.01 Å². The molecule has 2 fully saturated rings. The molecule has 2 aliphatic heterocycles. The highest BCUT2D eigenvalue weighted by Crippen LogP contribution is 2.41. The quantitative estimate of drug-likeness (QED) is 0.279. The Morgan fingerprint density at radius 2 is 1.36 bits per heavy atom. The average molecular weight is 464 g/mol. The standard InChI is InChI=1S/C27H49N3O3/c1-7-8-9-10-11-12-13-14-15-16-17-22-18-24(32)29(25(22)33)23-19-26(3,4)30(28-21(2)31)27(5,6)20-23/h22-23H,7-20H2,1-6H3,(H,28,31). The van der Waals surface area contributed by atoms with Crippen LogP contribution in [0.5, 0.6) is 0 Å². The van der Waals surface area contributed by atoms with Crippen molar-refractivity contribution >= 4 is 17.7 Å². The number of likely N-dealkylation sites (tertiary alicyclic amines) is 1. The van der Waals surface area contributed by atoms with Crippen LogP contribution in [0.3, 0.4) is 0 Å². The highest BCUT2D eigenvalue weighted by atomic mass is 16.2. The number of nitrogens with zero attached hydrogens (tertiary/aromatic N) is 2. The molecule has 0 bridgehead atoms. The Kier molecular flexibility index (Phi) is 10.4. The number of amides is 3. The minimum atomic E-state index is -0.354. The van der Waals surface area contributed by atoms with E-state index in [-0.39, 0.29) is 40.8 Å². The molecule has 2 saturated heterocycles. The third-order valence-electron chi connectivity index (χ3n) is 7.50. The second-order valence-electron chi connectivity index (χ2n) is 11.7. The maximum atomic E-state index is 13.2. The van der Waals surface area contributed by atoms with Gasteiger partial charge < -0.3 is 0 Å². The highest BCUT2D eigenvalue weighted by molar-refractivity contribution is 6.03. The molecule has 1 unspecified atom stereocenters. The Hall–Kier alpha value is -1.43. The highest BCUT2D eigenvalue weighted by Gasteiger charge is 2.51. The third kappa shape index (κ3) is 7.80. The van der Waals surface area contributed by atoms with Crippen molar-refractivity contribution in [3.8, 4) is 0 Å². The predicted octanol–water partition coefficient (Wildman–Crippen LogP) is 5.75. The Morgan fingerprint density at radius 3 is 1.85 bits per heavy atom. The summed E-state index contributed by atoms with van der Waals surface area (Å²) >= 11 is 0. The second kappa shape index (κ2) is 12.3. The first-order chi connectivity index (χ1) is 15.5. The van der Waals surface area contributed by atoms with Crippen molar-refractivity contribution in [2.45, 2.75) is 149 Å². The van der Waals surface area contributed by atoms with E-state index in [0.29, 0.717) is 19.3 Å². The van der Waals surface area contributed by atoms with Gasteiger partial charge >= 0.3 is 0 Å². The van der Waals surface area contributed by atoms with E-state index >= 15 is 0 Å². The van der Waals surface area contributed by atoms with Crippen molar-refractivity contribution in [2.75, 3.05) is 0 Å². The van der Waals surface area contributed by atoms with Gasteiger partial charge in [0, 0.05) is 36.4 Å². The van der Waals surface area contributed by atoms with Crippen LogP contribution < -0.4 is 5.43 Å². The van der Waals surface area contributed by atoms with Gasteiger partial charge in [0.25, 0.3) is 0 Å². The molecule has 2 aliphatic rings. The SMILES string of the molecule is CCCCCCCCCCCCC1CC(=O)N(C2CC(C)(C)N(NC(C)=O)C(C)(C)C2)C1=O. The van der Waals surface area contributed by atoms with Crippen molar-refractivity contribution in [3.63, 3.8) is 0 Å². The zero-order chi connectivity index (χ0) is 24.6. The Bertz CT molecular complexity index is 656. The van der Waals surface area contributed by atoms with Gasteiger partial charge in [-0.3, -0.25) is 24.7 Å². The normalized spacial score (nSPS) is 23.3. The van der Waals surface area contributed by atoms with Crippen LogP contribution in [0.15, 0.2) is 0 Å². The molecule has 190 valence electrons. The van der Waals surface area contributed by atoms with Gasteiger partial charge in [0.1, 0.15) is 0 Å². The monoisotopic (exact) mass is 463 g/mol. The minimum Gasteiger partial charge on any atom is -0.288 e. The van der Waals surface area contributed by atoms with Gasteiger partial charge in [-0.1, -0.05) is 71.1 Å². The van der Waals surface area contributed by atoms with E-state index in [1.165, 1.54) is 58.3 Å². The van der Waals surface area contributed by atoms with Gasteiger partial charge in [-0.25, -0.2) is 5.01 Å². The number of unbranched alkanes of at least 4 members (excludes halogenated alkanes) is 9. The molecule has 0 aliphatic carbocycles. The van der Waals surface area contributed by atoms with Crippen LogP contribution in [-0.4, -0.2) is 44.8 Å². The molecular weight excluding hydrogens is 414 g/mol. The molecule has 3 amide bonds. The van der Waals surface area contributed by atoms with Crippen LogP contribution in [0.4, 0.5) is 0 Å². The summed E-state index contributed by atoms with van der Waals surface area (Å²) in [5, 5.41) is 2.01. The number of hydrazine groups is 1. The van der Waals surface area contributed by atoms with Crippen LogP contribution in [0.2, 0.25) is 0 Å². The molecule has 0 saturated carbocycles. The Morgan fingerprint density at radius 1 is 0.879 bits per heavy atom. The number of imide groups is 1. The van der Waals surface area contributed by atoms with E-state index in [1.54, 1.807) is 4.90 Å². The van der Waals surface area contributed by atoms with E-state index in [2.05, 4.69) is 40.0 Å². The summed E-state index contributed by atoms with van der Waals surface area (Å²) in [6, 6.07) is -0.113. The molecule has 1 N–H and O–H groups in total. The van der Waals surface area contributed by atoms with Crippen LogP contribution in [0, 0.1) is 5.92 Å². The molecule has 0 aromatic rings. The lowest BCUT2D eigenvalue weighted by Gasteiger charge is -2.55.